The predicted molar refractivity (Wildman–Crippen MR) is 63.7 cm³/mol. The van der Waals surface area contributed by atoms with Crippen LogP contribution in [0.15, 0.2) is 11.6 Å². The first-order chi connectivity index (χ1) is 7.01. The summed E-state index contributed by atoms with van der Waals surface area (Å²) in [5.74, 6) is 0.311. The SMILES string of the molecule is CCC(=O)OC(CC)C(C)CC=C(C)C. The number of allylic oxidation sites excluding steroid dienone is 2. The highest BCUT2D eigenvalue weighted by Crippen LogP contribution is 2.17. The van der Waals surface area contributed by atoms with Crippen molar-refractivity contribution in [1.29, 1.82) is 0 Å². The lowest BCUT2D eigenvalue weighted by molar-refractivity contribution is -0.151. The molecule has 0 amide bonds. The number of esters is 1. The zero-order valence-electron chi connectivity index (χ0n) is 10.7. The van der Waals surface area contributed by atoms with Gasteiger partial charge in [0.15, 0.2) is 0 Å². The van der Waals surface area contributed by atoms with Crippen LogP contribution in [0, 0.1) is 5.92 Å². The van der Waals surface area contributed by atoms with Crippen molar-refractivity contribution >= 4 is 5.97 Å². The summed E-state index contributed by atoms with van der Waals surface area (Å²) in [7, 11) is 0. The molecule has 0 aliphatic carbocycles. The molecule has 2 nitrogen and oxygen atoms in total. The van der Waals surface area contributed by atoms with Crippen molar-refractivity contribution in [2.75, 3.05) is 0 Å². The standard InChI is InChI=1S/C13H24O2/c1-6-12(15-13(14)7-2)11(5)9-8-10(3)4/h8,11-12H,6-7,9H2,1-5H3. The van der Waals surface area contributed by atoms with Crippen LogP contribution in [-0.2, 0) is 9.53 Å². The Morgan fingerprint density at radius 2 is 1.93 bits per heavy atom. The minimum Gasteiger partial charge on any atom is -0.462 e. The lowest BCUT2D eigenvalue weighted by atomic mass is 9.97. The Kier molecular flexibility index (Phi) is 7.10. The molecule has 0 aromatic heterocycles. The molecule has 0 heterocycles. The summed E-state index contributed by atoms with van der Waals surface area (Å²) < 4.78 is 5.37. The second-order valence-corrected chi connectivity index (χ2v) is 4.28. The first-order valence-electron chi connectivity index (χ1n) is 5.84. The van der Waals surface area contributed by atoms with Gasteiger partial charge < -0.3 is 4.74 Å². The smallest absolute Gasteiger partial charge is 0.305 e. The summed E-state index contributed by atoms with van der Waals surface area (Å²) in [4.78, 5) is 11.2. The molecule has 0 aliphatic heterocycles. The van der Waals surface area contributed by atoms with Crippen LogP contribution in [0.3, 0.4) is 0 Å². The van der Waals surface area contributed by atoms with Crippen LogP contribution in [0.5, 0.6) is 0 Å². The topological polar surface area (TPSA) is 26.3 Å². The summed E-state index contributed by atoms with van der Waals surface area (Å²) in [5, 5.41) is 0. The molecule has 0 saturated carbocycles. The Hall–Kier alpha value is -0.790. The molecule has 15 heavy (non-hydrogen) atoms. The fraction of sp³-hybridized carbons (Fsp3) is 0.769. The molecule has 0 saturated heterocycles. The van der Waals surface area contributed by atoms with E-state index in [0.29, 0.717) is 12.3 Å². The molecule has 2 unspecified atom stereocenters. The van der Waals surface area contributed by atoms with Crippen LogP contribution in [0.1, 0.15) is 53.9 Å². The van der Waals surface area contributed by atoms with Gasteiger partial charge in [0.05, 0.1) is 0 Å². The number of ether oxygens (including phenoxy) is 1. The molecule has 0 bridgehead atoms. The minimum absolute atomic E-state index is 0.0630. The van der Waals surface area contributed by atoms with Crippen LogP contribution in [0.2, 0.25) is 0 Å². The largest absolute Gasteiger partial charge is 0.462 e. The third kappa shape index (κ3) is 6.32. The van der Waals surface area contributed by atoms with E-state index in [9.17, 15) is 4.79 Å². The second kappa shape index (κ2) is 7.49. The molecule has 0 aromatic carbocycles. The maximum atomic E-state index is 11.2. The highest BCUT2D eigenvalue weighted by molar-refractivity contribution is 5.69. The Morgan fingerprint density at radius 3 is 2.33 bits per heavy atom. The third-order valence-electron chi connectivity index (χ3n) is 2.51. The Bertz CT molecular complexity index is 215. The molecule has 0 spiro atoms. The van der Waals surface area contributed by atoms with Crippen molar-refractivity contribution in [2.24, 2.45) is 5.92 Å². The van der Waals surface area contributed by atoms with Gasteiger partial charge in [-0.25, -0.2) is 0 Å². The van der Waals surface area contributed by atoms with Crippen LogP contribution >= 0.6 is 0 Å². The number of carbonyl (C=O) groups is 1. The molecular formula is C13H24O2. The van der Waals surface area contributed by atoms with Crippen molar-refractivity contribution in [1.82, 2.24) is 0 Å². The van der Waals surface area contributed by atoms with E-state index < -0.39 is 0 Å². The van der Waals surface area contributed by atoms with Gasteiger partial charge in [-0.3, -0.25) is 4.79 Å². The first-order valence-corrected chi connectivity index (χ1v) is 5.84. The van der Waals surface area contributed by atoms with Crippen LogP contribution in [-0.4, -0.2) is 12.1 Å². The van der Waals surface area contributed by atoms with Crippen LogP contribution < -0.4 is 0 Å². The molecule has 0 N–H and O–H groups in total. The molecule has 88 valence electrons. The van der Waals surface area contributed by atoms with Gasteiger partial charge in [-0.2, -0.15) is 0 Å². The Balaban J connectivity index is 4.15. The monoisotopic (exact) mass is 212 g/mol. The summed E-state index contributed by atoms with van der Waals surface area (Å²) in [5.41, 5.74) is 1.32. The molecular weight excluding hydrogens is 188 g/mol. The highest BCUT2D eigenvalue weighted by atomic mass is 16.5. The minimum atomic E-state index is -0.0918. The van der Waals surface area contributed by atoms with Gasteiger partial charge in [-0.05, 0) is 32.6 Å². The summed E-state index contributed by atoms with van der Waals surface area (Å²) in [6.45, 7) is 10.2. The number of carbonyl (C=O) groups excluding carboxylic acids is 1. The maximum absolute atomic E-state index is 11.2. The van der Waals surface area contributed by atoms with E-state index in [0.717, 1.165) is 12.8 Å². The molecule has 0 aromatic rings. The van der Waals surface area contributed by atoms with Crippen LogP contribution in [0.25, 0.3) is 0 Å². The van der Waals surface area contributed by atoms with Crippen molar-refractivity contribution < 1.29 is 9.53 Å². The quantitative estimate of drug-likeness (QED) is 0.495. The van der Waals surface area contributed by atoms with E-state index >= 15 is 0 Å². The van der Waals surface area contributed by atoms with Gasteiger partial charge in [0.2, 0.25) is 0 Å². The number of hydrogen-bond acceptors (Lipinski definition) is 2. The zero-order valence-corrected chi connectivity index (χ0v) is 10.7. The normalized spacial score (nSPS) is 14.2. The van der Waals surface area contributed by atoms with Crippen molar-refractivity contribution in [2.45, 2.75) is 60.0 Å². The van der Waals surface area contributed by atoms with E-state index in [1.165, 1.54) is 5.57 Å². The molecule has 0 rings (SSSR count). The van der Waals surface area contributed by atoms with Crippen LogP contribution in [0.4, 0.5) is 0 Å². The van der Waals surface area contributed by atoms with Crippen molar-refractivity contribution in [3.63, 3.8) is 0 Å². The lowest BCUT2D eigenvalue weighted by Crippen LogP contribution is -2.24. The lowest BCUT2D eigenvalue weighted by Gasteiger charge is -2.21. The molecule has 2 atom stereocenters. The zero-order chi connectivity index (χ0) is 11.8. The summed E-state index contributed by atoms with van der Waals surface area (Å²) >= 11 is 0. The number of rotatable bonds is 6. The summed E-state index contributed by atoms with van der Waals surface area (Å²) in [6.07, 6.45) is 4.60. The maximum Gasteiger partial charge on any atom is 0.305 e. The molecule has 0 fully saturated rings. The van der Waals surface area contributed by atoms with Gasteiger partial charge in [0, 0.05) is 6.42 Å². The van der Waals surface area contributed by atoms with E-state index in [2.05, 4.69) is 33.8 Å². The molecule has 0 aliphatic rings. The fourth-order valence-corrected chi connectivity index (χ4v) is 1.43. The van der Waals surface area contributed by atoms with Gasteiger partial charge in [0.1, 0.15) is 6.10 Å². The average molecular weight is 212 g/mol. The first kappa shape index (κ1) is 14.2. The van der Waals surface area contributed by atoms with Gasteiger partial charge in [-0.1, -0.05) is 32.4 Å². The van der Waals surface area contributed by atoms with E-state index in [1.54, 1.807) is 0 Å². The van der Waals surface area contributed by atoms with E-state index in [-0.39, 0.29) is 12.1 Å². The van der Waals surface area contributed by atoms with Crippen molar-refractivity contribution in [3.8, 4) is 0 Å². The van der Waals surface area contributed by atoms with Gasteiger partial charge in [0.25, 0.3) is 0 Å². The number of hydrogen-bond donors (Lipinski definition) is 0. The molecule has 2 heteroatoms. The Morgan fingerprint density at radius 1 is 1.33 bits per heavy atom. The van der Waals surface area contributed by atoms with Gasteiger partial charge in [-0.15, -0.1) is 0 Å². The highest BCUT2D eigenvalue weighted by Gasteiger charge is 2.17. The third-order valence-corrected chi connectivity index (χ3v) is 2.51. The fourth-order valence-electron chi connectivity index (χ4n) is 1.43. The summed E-state index contributed by atoms with van der Waals surface area (Å²) in [6, 6.07) is 0. The predicted octanol–water partition coefficient (Wildman–Crippen LogP) is 3.71. The second-order valence-electron chi connectivity index (χ2n) is 4.28. The average Bonchev–Trinajstić information content (AvgIpc) is 2.21. The van der Waals surface area contributed by atoms with E-state index in [1.807, 2.05) is 6.92 Å². The Labute approximate surface area is 93.7 Å². The van der Waals surface area contributed by atoms with Crippen molar-refractivity contribution in [3.05, 3.63) is 11.6 Å². The van der Waals surface area contributed by atoms with Gasteiger partial charge >= 0.3 is 5.97 Å². The molecule has 0 radical (unpaired) electrons. The van der Waals surface area contributed by atoms with E-state index in [4.69, 9.17) is 4.74 Å².